The van der Waals surface area contributed by atoms with E-state index in [0.29, 0.717) is 0 Å². The van der Waals surface area contributed by atoms with Crippen molar-refractivity contribution in [1.29, 1.82) is 0 Å². The van der Waals surface area contributed by atoms with Gasteiger partial charge in [-0.2, -0.15) is 0 Å². The molecule has 3 N–H and O–H groups in total. The Morgan fingerprint density at radius 2 is 1.76 bits per heavy atom. The molecule has 0 aliphatic rings. The van der Waals surface area contributed by atoms with Crippen molar-refractivity contribution in [2.45, 2.75) is 0 Å². The van der Waals surface area contributed by atoms with Crippen LogP contribution in [0.1, 0.15) is 10.4 Å². The van der Waals surface area contributed by atoms with E-state index in [1.54, 1.807) is 0 Å². The molecule has 4 nitrogen and oxygen atoms in total. The van der Waals surface area contributed by atoms with Gasteiger partial charge in [-0.05, 0) is 18.2 Å². The molecule has 0 saturated carbocycles. The fourth-order valence-corrected chi connectivity index (χ4v) is 1.69. The molecule has 0 amide bonds. The smallest absolute Gasteiger partial charge is 0.337 e. The van der Waals surface area contributed by atoms with Crippen LogP contribution in [-0.4, -0.2) is 13.1 Å². The van der Waals surface area contributed by atoms with Gasteiger partial charge in [0, 0.05) is 17.8 Å². The molecule has 2 rings (SSSR count). The van der Waals surface area contributed by atoms with Crippen molar-refractivity contribution >= 4 is 23.0 Å². The summed E-state index contributed by atoms with van der Waals surface area (Å²) in [6.45, 7) is 0. The number of methoxy groups -OCH3 is 1. The number of ether oxygens (including phenoxy) is 1. The van der Waals surface area contributed by atoms with Gasteiger partial charge in [0.15, 0.2) is 17.5 Å². The van der Waals surface area contributed by atoms with Crippen LogP contribution >= 0.6 is 0 Å². The maximum absolute atomic E-state index is 13.1. The van der Waals surface area contributed by atoms with Crippen molar-refractivity contribution in [2.75, 3.05) is 18.2 Å². The van der Waals surface area contributed by atoms with E-state index >= 15 is 0 Å². The summed E-state index contributed by atoms with van der Waals surface area (Å²) in [6, 6.07) is 5.80. The molecule has 0 aromatic heterocycles. The zero-order valence-corrected chi connectivity index (χ0v) is 10.9. The zero-order valence-electron chi connectivity index (χ0n) is 10.9. The molecular weight excluding hydrogens is 285 g/mol. The first-order chi connectivity index (χ1) is 9.92. The standard InChI is InChI=1S/C14H11F3N2O2/c1-21-14(20)7-2-3-11(18)12(4-7)19-8-5-9(15)13(17)10(16)6-8/h2-6,19H,18H2,1H3. The number of hydrogen-bond donors (Lipinski definition) is 2. The average Bonchev–Trinajstić information content (AvgIpc) is 2.46. The number of nitrogens with one attached hydrogen (secondary N) is 1. The lowest BCUT2D eigenvalue weighted by atomic mass is 10.1. The number of carbonyl (C=O) groups excluding carboxylic acids is 1. The second kappa shape index (κ2) is 5.74. The van der Waals surface area contributed by atoms with Gasteiger partial charge in [-0.3, -0.25) is 0 Å². The molecule has 0 bridgehead atoms. The van der Waals surface area contributed by atoms with Crippen molar-refractivity contribution in [1.82, 2.24) is 0 Å². The van der Waals surface area contributed by atoms with Crippen molar-refractivity contribution in [3.05, 3.63) is 53.3 Å². The van der Waals surface area contributed by atoms with Crippen LogP contribution in [0.4, 0.5) is 30.2 Å². The molecule has 2 aromatic rings. The van der Waals surface area contributed by atoms with Crippen LogP contribution in [-0.2, 0) is 4.74 Å². The van der Waals surface area contributed by atoms with Crippen LogP contribution < -0.4 is 11.1 Å². The Bertz CT molecular complexity index is 682. The van der Waals surface area contributed by atoms with Crippen LogP contribution in [0, 0.1) is 17.5 Å². The molecule has 0 fully saturated rings. The lowest BCUT2D eigenvalue weighted by molar-refractivity contribution is 0.0601. The van der Waals surface area contributed by atoms with Crippen molar-refractivity contribution < 1.29 is 22.7 Å². The van der Waals surface area contributed by atoms with Gasteiger partial charge in [0.2, 0.25) is 0 Å². The summed E-state index contributed by atoms with van der Waals surface area (Å²) >= 11 is 0. The number of benzene rings is 2. The second-order valence-corrected chi connectivity index (χ2v) is 4.17. The first kappa shape index (κ1) is 14.7. The van der Waals surface area contributed by atoms with Gasteiger partial charge < -0.3 is 15.8 Å². The van der Waals surface area contributed by atoms with E-state index in [2.05, 4.69) is 10.1 Å². The maximum Gasteiger partial charge on any atom is 0.337 e. The van der Waals surface area contributed by atoms with E-state index in [-0.39, 0.29) is 22.6 Å². The third kappa shape index (κ3) is 3.07. The summed E-state index contributed by atoms with van der Waals surface area (Å²) < 4.78 is 43.7. The predicted octanol–water partition coefficient (Wildman–Crippen LogP) is 3.22. The third-order valence-electron chi connectivity index (χ3n) is 2.74. The van der Waals surface area contributed by atoms with Crippen molar-refractivity contribution in [3.8, 4) is 0 Å². The van der Waals surface area contributed by atoms with Crippen LogP contribution in [0.15, 0.2) is 30.3 Å². The Morgan fingerprint density at radius 3 is 2.33 bits per heavy atom. The molecule has 0 aliphatic heterocycles. The highest BCUT2D eigenvalue weighted by Gasteiger charge is 2.13. The minimum atomic E-state index is -1.56. The molecule has 7 heteroatoms. The largest absolute Gasteiger partial charge is 0.465 e. The Hall–Kier alpha value is -2.70. The molecule has 110 valence electrons. The minimum absolute atomic E-state index is 0.0416. The van der Waals surface area contributed by atoms with Crippen molar-refractivity contribution in [2.24, 2.45) is 0 Å². The molecule has 0 unspecified atom stereocenters. The molecule has 2 aromatic carbocycles. The number of hydrogen-bond acceptors (Lipinski definition) is 4. The Kier molecular flexibility index (Phi) is 4.02. The van der Waals surface area contributed by atoms with Crippen molar-refractivity contribution in [3.63, 3.8) is 0 Å². The molecule has 0 heterocycles. The molecule has 0 radical (unpaired) electrons. The summed E-state index contributed by atoms with van der Waals surface area (Å²) in [4.78, 5) is 11.4. The summed E-state index contributed by atoms with van der Waals surface area (Å²) in [5, 5.41) is 2.62. The number of anilines is 3. The lowest BCUT2D eigenvalue weighted by Crippen LogP contribution is -2.04. The Morgan fingerprint density at radius 1 is 1.14 bits per heavy atom. The van der Waals surface area contributed by atoms with E-state index < -0.39 is 23.4 Å². The van der Waals surface area contributed by atoms with E-state index in [1.165, 1.54) is 25.3 Å². The maximum atomic E-state index is 13.1. The summed E-state index contributed by atoms with van der Waals surface area (Å²) in [5.74, 6) is -4.81. The van der Waals surface area contributed by atoms with Gasteiger partial charge in [0.05, 0.1) is 24.0 Å². The van der Waals surface area contributed by atoms with E-state index in [0.717, 1.165) is 12.1 Å². The molecule has 21 heavy (non-hydrogen) atoms. The number of halogens is 3. The zero-order chi connectivity index (χ0) is 15.6. The van der Waals surface area contributed by atoms with Gasteiger partial charge in [-0.15, -0.1) is 0 Å². The number of carbonyl (C=O) groups is 1. The van der Waals surface area contributed by atoms with Gasteiger partial charge in [0.1, 0.15) is 0 Å². The number of nitrogen functional groups attached to an aromatic ring is 1. The first-order valence-electron chi connectivity index (χ1n) is 5.81. The number of nitrogens with two attached hydrogens (primary N) is 1. The van der Waals surface area contributed by atoms with E-state index in [4.69, 9.17) is 5.73 Å². The SMILES string of the molecule is COC(=O)c1ccc(N)c(Nc2cc(F)c(F)c(F)c2)c1. The normalized spacial score (nSPS) is 10.3. The van der Waals surface area contributed by atoms with E-state index in [9.17, 15) is 18.0 Å². The minimum Gasteiger partial charge on any atom is -0.465 e. The van der Waals surface area contributed by atoms with Crippen LogP contribution in [0.25, 0.3) is 0 Å². The topological polar surface area (TPSA) is 64.3 Å². The highest BCUT2D eigenvalue weighted by molar-refractivity contribution is 5.92. The second-order valence-electron chi connectivity index (χ2n) is 4.17. The van der Waals surface area contributed by atoms with Gasteiger partial charge in [-0.25, -0.2) is 18.0 Å². The quantitative estimate of drug-likeness (QED) is 0.518. The van der Waals surface area contributed by atoms with Gasteiger partial charge in [-0.1, -0.05) is 0 Å². The fraction of sp³-hybridized carbons (Fsp3) is 0.0714. The Balaban J connectivity index is 2.37. The molecule has 0 saturated heterocycles. The predicted molar refractivity (Wildman–Crippen MR) is 71.8 cm³/mol. The third-order valence-corrected chi connectivity index (χ3v) is 2.74. The molecular formula is C14H11F3N2O2. The fourth-order valence-electron chi connectivity index (χ4n) is 1.69. The van der Waals surface area contributed by atoms with Crippen LogP contribution in [0.2, 0.25) is 0 Å². The number of rotatable bonds is 3. The van der Waals surface area contributed by atoms with Crippen LogP contribution in [0.5, 0.6) is 0 Å². The highest BCUT2D eigenvalue weighted by atomic mass is 19.2. The van der Waals surface area contributed by atoms with Gasteiger partial charge in [0.25, 0.3) is 0 Å². The molecule has 0 aliphatic carbocycles. The van der Waals surface area contributed by atoms with E-state index in [1.807, 2.05) is 0 Å². The van der Waals surface area contributed by atoms with Gasteiger partial charge >= 0.3 is 5.97 Å². The molecule has 0 atom stereocenters. The summed E-state index contributed by atoms with van der Waals surface area (Å²) in [7, 11) is 1.22. The first-order valence-corrected chi connectivity index (χ1v) is 5.81. The average molecular weight is 296 g/mol. The lowest BCUT2D eigenvalue weighted by Gasteiger charge is -2.11. The monoisotopic (exact) mass is 296 g/mol. The number of esters is 1. The van der Waals surface area contributed by atoms with Crippen LogP contribution in [0.3, 0.4) is 0 Å². The summed E-state index contributed by atoms with van der Waals surface area (Å²) in [5.41, 5.74) is 6.36. The highest BCUT2D eigenvalue weighted by Crippen LogP contribution is 2.26. The Labute approximate surface area is 118 Å². The molecule has 0 spiro atoms. The summed E-state index contributed by atoms with van der Waals surface area (Å²) in [6.07, 6.45) is 0.